The van der Waals surface area contributed by atoms with E-state index in [1.807, 2.05) is 6.92 Å². The zero-order valence-corrected chi connectivity index (χ0v) is 10.5. The lowest BCUT2D eigenvalue weighted by Crippen LogP contribution is -2.10. The predicted octanol–water partition coefficient (Wildman–Crippen LogP) is 5.22. The third-order valence-electron chi connectivity index (χ3n) is 2.82. The van der Waals surface area contributed by atoms with Crippen LogP contribution in [0.25, 0.3) is 0 Å². The summed E-state index contributed by atoms with van der Waals surface area (Å²) in [4.78, 5) is 0. The number of rotatable bonds is 5. The Bertz CT molecular complexity index is 347. The Kier molecular flexibility index (Phi) is 5.31. The monoisotopic (exact) mass is 264 g/mol. The van der Waals surface area contributed by atoms with Gasteiger partial charge >= 0.3 is 6.18 Å². The van der Waals surface area contributed by atoms with E-state index in [-0.39, 0.29) is 5.92 Å². The average molecular weight is 265 g/mol. The summed E-state index contributed by atoms with van der Waals surface area (Å²) in [7, 11) is 0. The van der Waals surface area contributed by atoms with Crippen molar-refractivity contribution in [1.29, 1.82) is 0 Å². The molecular formula is C13H16ClF3. The van der Waals surface area contributed by atoms with Gasteiger partial charge < -0.3 is 0 Å². The molecule has 0 aliphatic carbocycles. The average Bonchev–Trinajstić information content (AvgIpc) is 2.28. The molecule has 96 valence electrons. The van der Waals surface area contributed by atoms with Crippen LogP contribution in [0.5, 0.6) is 0 Å². The van der Waals surface area contributed by atoms with Crippen molar-refractivity contribution in [3.8, 4) is 0 Å². The normalized spacial score (nSPS) is 13.7. The van der Waals surface area contributed by atoms with Crippen LogP contribution in [0.1, 0.15) is 43.2 Å². The van der Waals surface area contributed by atoms with Crippen LogP contribution in [0.2, 0.25) is 0 Å². The maximum atomic E-state index is 12.8. The van der Waals surface area contributed by atoms with Crippen molar-refractivity contribution in [2.45, 2.75) is 38.3 Å². The molecule has 1 rings (SSSR count). The highest BCUT2D eigenvalue weighted by Crippen LogP contribution is 2.36. The Hall–Kier alpha value is -0.700. The third-order valence-corrected chi connectivity index (χ3v) is 3.09. The molecule has 0 heterocycles. The van der Waals surface area contributed by atoms with Crippen molar-refractivity contribution < 1.29 is 13.2 Å². The van der Waals surface area contributed by atoms with Gasteiger partial charge in [0.1, 0.15) is 0 Å². The zero-order chi connectivity index (χ0) is 12.9. The summed E-state index contributed by atoms with van der Waals surface area (Å²) < 4.78 is 38.3. The van der Waals surface area contributed by atoms with Gasteiger partial charge in [-0.3, -0.25) is 0 Å². The molecule has 0 aliphatic heterocycles. The van der Waals surface area contributed by atoms with E-state index in [0.29, 0.717) is 11.4 Å². The fourth-order valence-corrected chi connectivity index (χ4v) is 2.07. The Morgan fingerprint density at radius 2 is 1.82 bits per heavy atom. The molecule has 0 amide bonds. The second-order valence-electron chi connectivity index (χ2n) is 4.17. The lowest BCUT2D eigenvalue weighted by molar-refractivity contribution is -0.138. The SMILES string of the molecule is CC(CCCCCl)c1ccccc1C(F)(F)F. The third kappa shape index (κ3) is 4.23. The minimum absolute atomic E-state index is 0.0870. The van der Waals surface area contributed by atoms with Crippen LogP contribution in [0.4, 0.5) is 13.2 Å². The summed E-state index contributed by atoms with van der Waals surface area (Å²) in [5, 5.41) is 0. The van der Waals surface area contributed by atoms with Crippen molar-refractivity contribution >= 4 is 11.6 Å². The molecule has 0 spiro atoms. The first-order valence-electron chi connectivity index (χ1n) is 5.69. The van der Waals surface area contributed by atoms with E-state index < -0.39 is 11.7 Å². The van der Waals surface area contributed by atoms with E-state index in [1.54, 1.807) is 12.1 Å². The van der Waals surface area contributed by atoms with Crippen LogP contribution >= 0.6 is 11.6 Å². The molecule has 0 aliphatic rings. The van der Waals surface area contributed by atoms with Crippen LogP contribution in [-0.4, -0.2) is 5.88 Å². The summed E-state index contributed by atoms with van der Waals surface area (Å²) in [5.74, 6) is 0.476. The predicted molar refractivity (Wildman–Crippen MR) is 64.4 cm³/mol. The van der Waals surface area contributed by atoms with Crippen LogP contribution < -0.4 is 0 Å². The van der Waals surface area contributed by atoms with E-state index in [1.165, 1.54) is 6.07 Å². The first-order valence-corrected chi connectivity index (χ1v) is 6.22. The zero-order valence-electron chi connectivity index (χ0n) is 9.73. The van der Waals surface area contributed by atoms with E-state index in [2.05, 4.69) is 0 Å². The van der Waals surface area contributed by atoms with Gasteiger partial charge in [0.05, 0.1) is 5.56 Å². The fourth-order valence-electron chi connectivity index (χ4n) is 1.89. The van der Waals surface area contributed by atoms with E-state index in [0.717, 1.165) is 25.3 Å². The molecule has 0 fully saturated rings. The molecule has 0 saturated carbocycles. The van der Waals surface area contributed by atoms with Crippen molar-refractivity contribution in [1.82, 2.24) is 0 Å². The highest BCUT2D eigenvalue weighted by atomic mass is 35.5. The second kappa shape index (κ2) is 6.29. The van der Waals surface area contributed by atoms with Crippen LogP contribution in [-0.2, 0) is 6.18 Å². The smallest absolute Gasteiger partial charge is 0.166 e. The van der Waals surface area contributed by atoms with Gasteiger partial charge in [-0.05, 0) is 30.4 Å². The Morgan fingerprint density at radius 1 is 1.18 bits per heavy atom. The molecule has 1 atom stereocenters. The lowest BCUT2D eigenvalue weighted by atomic mass is 9.91. The van der Waals surface area contributed by atoms with E-state index >= 15 is 0 Å². The van der Waals surface area contributed by atoms with Gasteiger partial charge in [0.2, 0.25) is 0 Å². The minimum atomic E-state index is -4.27. The summed E-state index contributed by atoms with van der Waals surface area (Å²) in [6.07, 6.45) is -1.83. The van der Waals surface area contributed by atoms with Gasteiger partial charge in [0, 0.05) is 5.88 Å². The summed E-state index contributed by atoms with van der Waals surface area (Å²) in [6.45, 7) is 1.83. The van der Waals surface area contributed by atoms with Crippen molar-refractivity contribution in [3.63, 3.8) is 0 Å². The molecule has 0 saturated heterocycles. The number of benzene rings is 1. The van der Waals surface area contributed by atoms with Gasteiger partial charge in [-0.1, -0.05) is 31.5 Å². The van der Waals surface area contributed by atoms with E-state index in [9.17, 15) is 13.2 Å². The van der Waals surface area contributed by atoms with Gasteiger partial charge in [-0.15, -0.1) is 11.6 Å². The number of alkyl halides is 4. The molecule has 0 N–H and O–H groups in total. The quantitative estimate of drug-likeness (QED) is 0.505. The Labute approximate surface area is 105 Å². The number of halogens is 4. The summed E-state index contributed by atoms with van der Waals surface area (Å²) in [5.41, 5.74) is -0.132. The van der Waals surface area contributed by atoms with Crippen molar-refractivity contribution in [2.24, 2.45) is 0 Å². The van der Waals surface area contributed by atoms with E-state index in [4.69, 9.17) is 11.6 Å². The van der Waals surface area contributed by atoms with Crippen molar-refractivity contribution in [2.75, 3.05) is 5.88 Å². The van der Waals surface area contributed by atoms with Gasteiger partial charge in [-0.25, -0.2) is 0 Å². The molecule has 1 aromatic carbocycles. The Morgan fingerprint density at radius 3 is 2.41 bits per heavy atom. The van der Waals surface area contributed by atoms with Crippen LogP contribution in [0.15, 0.2) is 24.3 Å². The molecular weight excluding hydrogens is 249 g/mol. The van der Waals surface area contributed by atoms with Crippen molar-refractivity contribution in [3.05, 3.63) is 35.4 Å². The highest BCUT2D eigenvalue weighted by molar-refractivity contribution is 6.17. The number of unbranched alkanes of at least 4 members (excludes halogenated alkanes) is 1. The topological polar surface area (TPSA) is 0 Å². The van der Waals surface area contributed by atoms with Crippen LogP contribution in [0.3, 0.4) is 0 Å². The highest BCUT2D eigenvalue weighted by Gasteiger charge is 2.33. The fraction of sp³-hybridized carbons (Fsp3) is 0.538. The summed E-state index contributed by atoms with van der Waals surface area (Å²) in [6, 6.07) is 5.79. The largest absolute Gasteiger partial charge is 0.416 e. The van der Waals surface area contributed by atoms with Gasteiger partial charge in [-0.2, -0.15) is 13.2 Å². The Balaban J connectivity index is 2.82. The molecule has 1 unspecified atom stereocenters. The molecule has 0 bridgehead atoms. The van der Waals surface area contributed by atoms with Crippen LogP contribution in [0, 0.1) is 0 Å². The standard InChI is InChI=1S/C13H16ClF3/c1-10(6-4-5-9-14)11-7-2-3-8-12(11)13(15,16)17/h2-3,7-8,10H,4-6,9H2,1H3. The molecule has 17 heavy (non-hydrogen) atoms. The number of hydrogen-bond donors (Lipinski definition) is 0. The maximum Gasteiger partial charge on any atom is 0.416 e. The molecule has 0 aromatic heterocycles. The maximum absolute atomic E-state index is 12.8. The molecule has 0 radical (unpaired) electrons. The first kappa shape index (κ1) is 14.4. The molecule has 0 nitrogen and oxygen atoms in total. The lowest BCUT2D eigenvalue weighted by Gasteiger charge is -2.18. The molecule has 4 heteroatoms. The number of hydrogen-bond acceptors (Lipinski definition) is 0. The molecule has 1 aromatic rings. The second-order valence-corrected chi connectivity index (χ2v) is 4.55. The summed E-state index contributed by atoms with van der Waals surface area (Å²) >= 11 is 5.55. The first-order chi connectivity index (χ1) is 7.96. The minimum Gasteiger partial charge on any atom is -0.166 e. The van der Waals surface area contributed by atoms with Gasteiger partial charge in [0.25, 0.3) is 0 Å². The van der Waals surface area contributed by atoms with Gasteiger partial charge in [0.15, 0.2) is 0 Å².